The van der Waals surface area contributed by atoms with Crippen LogP contribution in [-0.2, 0) is 11.8 Å². The van der Waals surface area contributed by atoms with Gasteiger partial charge < -0.3 is 10.1 Å². The third-order valence-corrected chi connectivity index (χ3v) is 3.04. The van der Waals surface area contributed by atoms with E-state index >= 15 is 0 Å². The van der Waals surface area contributed by atoms with Crippen molar-refractivity contribution in [3.05, 3.63) is 29.6 Å². The zero-order valence-electron chi connectivity index (χ0n) is 10.0. The maximum Gasteiger partial charge on any atom is 0.106 e. The summed E-state index contributed by atoms with van der Waals surface area (Å²) in [5, 5.41) is 9.35. The number of fused-ring (bicyclic) bond motifs is 1. The Kier molecular flexibility index (Phi) is 2.72. The minimum atomic E-state index is -0.203. The Morgan fingerprint density at radius 3 is 2.75 bits per heavy atom. The normalized spacial score (nSPS) is 12.2. The van der Waals surface area contributed by atoms with Crippen LogP contribution in [0.15, 0.2) is 18.2 Å². The van der Waals surface area contributed by atoms with Gasteiger partial charge in [-0.25, -0.2) is 4.98 Å². The highest BCUT2D eigenvalue weighted by Gasteiger charge is 2.19. The lowest BCUT2D eigenvalue weighted by Crippen LogP contribution is -2.21. The topological polar surface area (TPSA) is 48.9 Å². The first-order chi connectivity index (χ1) is 7.56. The van der Waals surface area contributed by atoms with Crippen LogP contribution in [0.25, 0.3) is 11.0 Å². The Labute approximate surface area is 95.5 Å². The van der Waals surface area contributed by atoms with Crippen molar-refractivity contribution in [1.29, 1.82) is 0 Å². The first kappa shape index (κ1) is 11.1. The van der Waals surface area contributed by atoms with Gasteiger partial charge in [-0.1, -0.05) is 26.8 Å². The minimum absolute atomic E-state index is 0.146. The summed E-state index contributed by atoms with van der Waals surface area (Å²) in [4.78, 5) is 7.75. The van der Waals surface area contributed by atoms with Crippen molar-refractivity contribution in [2.75, 3.05) is 6.61 Å². The summed E-state index contributed by atoms with van der Waals surface area (Å²) >= 11 is 0. The lowest BCUT2D eigenvalue weighted by atomic mass is 9.85. The van der Waals surface area contributed by atoms with Gasteiger partial charge >= 0.3 is 0 Å². The number of aromatic amines is 1. The molecule has 0 aliphatic heterocycles. The molecule has 0 fully saturated rings. The van der Waals surface area contributed by atoms with E-state index in [1.165, 1.54) is 0 Å². The van der Waals surface area contributed by atoms with Gasteiger partial charge in [0.25, 0.3) is 0 Å². The van der Waals surface area contributed by atoms with E-state index in [-0.39, 0.29) is 12.0 Å². The molecule has 16 heavy (non-hydrogen) atoms. The van der Waals surface area contributed by atoms with E-state index < -0.39 is 0 Å². The zero-order valence-corrected chi connectivity index (χ0v) is 10.0. The Morgan fingerprint density at radius 1 is 1.38 bits per heavy atom. The molecule has 3 heteroatoms. The molecule has 1 aromatic carbocycles. The number of hydrogen-bond donors (Lipinski definition) is 2. The van der Waals surface area contributed by atoms with Crippen LogP contribution in [-0.4, -0.2) is 21.7 Å². The summed E-state index contributed by atoms with van der Waals surface area (Å²) in [7, 11) is 0. The fourth-order valence-corrected chi connectivity index (χ4v) is 1.74. The van der Waals surface area contributed by atoms with Crippen LogP contribution in [0, 0.1) is 0 Å². The monoisotopic (exact) mass is 218 g/mol. The zero-order chi connectivity index (χ0) is 11.8. The van der Waals surface area contributed by atoms with Gasteiger partial charge in [-0.05, 0) is 17.7 Å². The molecular formula is C13H18N2O. The number of nitrogens with one attached hydrogen (secondary N) is 1. The van der Waals surface area contributed by atoms with Gasteiger partial charge in [0.15, 0.2) is 0 Å². The van der Waals surface area contributed by atoms with Crippen molar-refractivity contribution in [3.8, 4) is 0 Å². The van der Waals surface area contributed by atoms with Crippen LogP contribution < -0.4 is 0 Å². The van der Waals surface area contributed by atoms with Crippen LogP contribution in [0.4, 0.5) is 0 Å². The van der Waals surface area contributed by atoms with Gasteiger partial charge in [0.2, 0.25) is 0 Å². The highest BCUT2D eigenvalue weighted by Crippen LogP contribution is 2.25. The number of aryl methyl sites for hydroxylation is 1. The summed E-state index contributed by atoms with van der Waals surface area (Å²) in [6.45, 7) is 6.29. The maximum absolute atomic E-state index is 9.35. The highest BCUT2D eigenvalue weighted by atomic mass is 16.3. The quantitative estimate of drug-likeness (QED) is 0.831. The van der Waals surface area contributed by atoms with Gasteiger partial charge in [0.05, 0.1) is 17.6 Å². The maximum atomic E-state index is 9.35. The second-order valence-electron chi connectivity index (χ2n) is 4.81. The first-order valence-corrected chi connectivity index (χ1v) is 5.67. The number of imidazole rings is 1. The van der Waals surface area contributed by atoms with E-state index in [0.29, 0.717) is 0 Å². The lowest BCUT2D eigenvalue weighted by molar-refractivity contribution is 0.218. The average Bonchev–Trinajstić information content (AvgIpc) is 2.70. The Bertz CT molecular complexity index is 500. The standard InChI is InChI=1S/C13H18N2O/c1-4-12-14-10-6-5-9(7-11(10)15-12)13(2,3)8-16/h5-7,16H,4,8H2,1-3H3,(H,14,15). The fourth-order valence-electron chi connectivity index (χ4n) is 1.74. The number of aromatic nitrogens is 2. The molecule has 1 heterocycles. The minimum Gasteiger partial charge on any atom is -0.395 e. The molecule has 0 bridgehead atoms. The van der Waals surface area contributed by atoms with Gasteiger partial charge in [-0.15, -0.1) is 0 Å². The number of aliphatic hydroxyl groups is 1. The van der Waals surface area contributed by atoms with Crippen molar-refractivity contribution < 1.29 is 5.11 Å². The number of H-pyrrole nitrogens is 1. The van der Waals surface area contributed by atoms with Gasteiger partial charge in [-0.3, -0.25) is 0 Å². The van der Waals surface area contributed by atoms with Gasteiger partial charge in [-0.2, -0.15) is 0 Å². The van der Waals surface area contributed by atoms with Crippen molar-refractivity contribution >= 4 is 11.0 Å². The van der Waals surface area contributed by atoms with Crippen molar-refractivity contribution in [1.82, 2.24) is 9.97 Å². The molecule has 0 radical (unpaired) electrons. The second-order valence-corrected chi connectivity index (χ2v) is 4.81. The van der Waals surface area contributed by atoms with Gasteiger partial charge in [0, 0.05) is 11.8 Å². The van der Waals surface area contributed by atoms with E-state index in [9.17, 15) is 5.11 Å². The summed E-state index contributed by atoms with van der Waals surface area (Å²) in [5.74, 6) is 1.01. The molecule has 0 spiro atoms. The molecule has 1 aromatic heterocycles. The van der Waals surface area contributed by atoms with Crippen molar-refractivity contribution in [3.63, 3.8) is 0 Å². The molecule has 2 N–H and O–H groups in total. The van der Waals surface area contributed by atoms with E-state index in [4.69, 9.17) is 0 Å². The molecule has 3 nitrogen and oxygen atoms in total. The van der Waals surface area contributed by atoms with Crippen LogP contribution in [0.3, 0.4) is 0 Å². The summed E-state index contributed by atoms with van der Waals surface area (Å²) in [5.41, 5.74) is 2.98. The van der Waals surface area contributed by atoms with E-state index in [1.807, 2.05) is 26.0 Å². The molecule has 0 unspecified atom stereocenters. The van der Waals surface area contributed by atoms with Crippen LogP contribution in [0.1, 0.15) is 32.2 Å². The number of rotatable bonds is 3. The number of nitrogens with zero attached hydrogens (tertiary/aromatic N) is 1. The van der Waals surface area contributed by atoms with Crippen LogP contribution >= 0.6 is 0 Å². The summed E-state index contributed by atoms with van der Waals surface area (Å²) < 4.78 is 0. The number of aliphatic hydroxyl groups excluding tert-OH is 1. The predicted octanol–water partition coefficient (Wildman–Crippen LogP) is 2.40. The van der Waals surface area contributed by atoms with Gasteiger partial charge in [0.1, 0.15) is 5.82 Å². The molecule has 0 saturated carbocycles. The molecule has 2 rings (SSSR count). The van der Waals surface area contributed by atoms with E-state index in [0.717, 1.165) is 28.8 Å². The first-order valence-electron chi connectivity index (χ1n) is 5.67. The molecule has 2 aromatic rings. The van der Waals surface area contributed by atoms with Crippen molar-refractivity contribution in [2.45, 2.75) is 32.6 Å². The third-order valence-electron chi connectivity index (χ3n) is 3.04. The largest absolute Gasteiger partial charge is 0.395 e. The summed E-state index contributed by atoms with van der Waals surface area (Å²) in [6.07, 6.45) is 0.910. The molecule has 0 aliphatic carbocycles. The molecule has 0 amide bonds. The molecule has 86 valence electrons. The number of benzene rings is 1. The highest BCUT2D eigenvalue weighted by molar-refractivity contribution is 5.76. The fraction of sp³-hybridized carbons (Fsp3) is 0.462. The molecule has 0 atom stereocenters. The summed E-state index contributed by atoms with van der Waals surface area (Å²) in [6, 6.07) is 6.13. The lowest BCUT2D eigenvalue weighted by Gasteiger charge is -2.21. The van der Waals surface area contributed by atoms with Crippen molar-refractivity contribution in [2.24, 2.45) is 0 Å². The number of hydrogen-bond acceptors (Lipinski definition) is 2. The van der Waals surface area contributed by atoms with E-state index in [1.54, 1.807) is 0 Å². The SMILES string of the molecule is CCc1nc2ccc(C(C)(C)CO)cc2[nH]1. The molecular weight excluding hydrogens is 200 g/mol. The Balaban J connectivity index is 2.51. The molecule has 0 aliphatic rings. The van der Waals surface area contributed by atoms with Crippen LogP contribution in [0.2, 0.25) is 0 Å². The second kappa shape index (κ2) is 3.91. The van der Waals surface area contributed by atoms with E-state index in [2.05, 4.69) is 23.0 Å². The smallest absolute Gasteiger partial charge is 0.106 e. The Morgan fingerprint density at radius 2 is 2.12 bits per heavy atom. The van der Waals surface area contributed by atoms with Crippen LogP contribution in [0.5, 0.6) is 0 Å². The average molecular weight is 218 g/mol. The third kappa shape index (κ3) is 1.83. The molecule has 0 saturated heterocycles. The predicted molar refractivity (Wildman–Crippen MR) is 65.6 cm³/mol. The Hall–Kier alpha value is -1.35.